The van der Waals surface area contributed by atoms with Crippen LogP contribution in [0.25, 0.3) is 0 Å². The number of allylic oxidation sites excluding steroid dienone is 1. The van der Waals surface area contributed by atoms with E-state index in [0.717, 1.165) is 38.5 Å². The first-order chi connectivity index (χ1) is 28.8. The Kier molecular flexibility index (Phi) is 38.9. The lowest BCUT2D eigenvalue weighted by Crippen LogP contribution is -2.60. The average Bonchev–Trinajstić information content (AvgIpc) is 3.23. The molecule has 1 aliphatic heterocycles. The van der Waals surface area contributed by atoms with E-state index in [1.54, 1.807) is 6.08 Å². The Morgan fingerprint density at radius 3 is 1.32 bits per heavy atom. The first-order valence-electron chi connectivity index (χ1n) is 25.4. The summed E-state index contributed by atoms with van der Waals surface area (Å²) in [6, 6.07) is -0.798. The molecule has 7 atom stereocenters. The number of unbranched alkanes of at least 4 members (excludes halogenated alkanes) is 33. The maximum atomic E-state index is 13.0. The lowest BCUT2D eigenvalue weighted by Gasteiger charge is -2.40. The second-order valence-electron chi connectivity index (χ2n) is 18.0. The molecule has 1 heterocycles. The van der Waals surface area contributed by atoms with Crippen LogP contribution >= 0.6 is 0 Å². The highest BCUT2D eigenvalue weighted by Gasteiger charge is 2.44. The van der Waals surface area contributed by atoms with Gasteiger partial charge in [0, 0.05) is 6.42 Å². The zero-order valence-corrected chi connectivity index (χ0v) is 38.5. The van der Waals surface area contributed by atoms with E-state index in [1.165, 1.54) is 186 Å². The molecular formula is C50H97NO8. The van der Waals surface area contributed by atoms with Crippen molar-refractivity contribution in [2.45, 2.75) is 288 Å². The molecule has 1 fully saturated rings. The minimum Gasteiger partial charge on any atom is -0.394 e. The molecule has 9 nitrogen and oxygen atoms in total. The van der Waals surface area contributed by atoms with E-state index in [-0.39, 0.29) is 12.5 Å². The number of carbonyl (C=O) groups excluding carboxylic acids is 1. The standard InChI is InChI=1S/C50H97NO8/c1-3-5-7-9-11-13-15-17-18-19-20-21-22-23-24-25-26-28-30-32-34-36-38-40-46(54)51-43(42-58-50-49(57)48(56)47(55)45(41-52)59-50)44(53)39-37-35-33-31-29-27-16-14-12-10-8-6-4-2/h37,39,43-45,47-50,52-53,55-57H,3-36,38,40-42H2,1-2H3,(H,51,54)/b39-37+/t43-,44+,45?,47?,48?,49?,50?/m0/s1. The third-order valence-corrected chi connectivity index (χ3v) is 12.4. The fraction of sp³-hybridized carbons (Fsp3) is 0.940. The highest BCUT2D eigenvalue weighted by atomic mass is 16.7. The van der Waals surface area contributed by atoms with Crippen molar-refractivity contribution in [3.8, 4) is 0 Å². The molecule has 0 aliphatic carbocycles. The van der Waals surface area contributed by atoms with E-state index in [0.29, 0.717) is 6.42 Å². The molecule has 1 aliphatic rings. The Morgan fingerprint density at radius 1 is 0.559 bits per heavy atom. The maximum absolute atomic E-state index is 13.0. The van der Waals surface area contributed by atoms with E-state index in [4.69, 9.17) is 9.47 Å². The van der Waals surface area contributed by atoms with Gasteiger partial charge in [0.2, 0.25) is 5.91 Å². The molecule has 0 aromatic heterocycles. The first kappa shape index (κ1) is 55.9. The van der Waals surface area contributed by atoms with Crippen LogP contribution in [0.4, 0.5) is 0 Å². The number of aliphatic hydroxyl groups is 5. The Labute approximate surface area is 363 Å². The molecule has 0 aromatic rings. The van der Waals surface area contributed by atoms with Crippen LogP contribution in [0.3, 0.4) is 0 Å². The van der Waals surface area contributed by atoms with Crippen LogP contribution in [0.5, 0.6) is 0 Å². The van der Waals surface area contributed by atoms with Gasteiger partial charge in [-0.15, -0.1) is 0 Å². The second-order valence-corrected chi connectivity index (χ2v) is 18.0. The largest absolute Gasteiger partial charge is 0.394 e. The number of hydrogen-bond acceptors (Lipinski definition) is 8. The Bertz CT molecular complexity index is 935. The van der Waals surface area contributed by atoms with Crippen LogP contribution in [0, 0.1) is 0 Å². The molecule has 1 amide bonds. The van der Waals surface area contributed by atoms with Gasteiger partial charge in [-0.25, -0.2) is 0 Å². The van der Waals surface area contributed by atoms with Crippen molar-refractivity contribution in [3.05, 3.63) is 12.2 Å². The predicted molar refractivity (Wildman–Crippen MR) is 244 cm³/mol. The number of ether oxygens (including phenoxy) is 2. The quantitative estimate of drug-likeness (QED) is 0.0263. The summed E-state index contributed by atoms with van der Waals surface area (Å²) in [5, 5.41) is 54.3. The fourth-order valence-corrected chi connectivity index (χ4v) is 8.28. The van der Waals surface area contributed by atoms with E-state index in [2.05, 4.69) is 19.2 Å². The van der Waals surface area contributed by atoms with E-state index in [9.17, 15) is 30.3 Å². The highest BCUT2D eigenvalue weighted by molar-refractivity contribution is 5.76. The van der Waals surface area contributed by atoms with Crippen LogP contribution in [0.2, 0.25) is 0 Å². The molecule has 0 bridgehead atoms. The van der Waals surface area contributed by atoms with Crippen molar-refractivity contribution >= 4 is 5.91 Å². The summed E-state index contributed by atoms with van der Waals surface area (Å²) in [7, 11) is 0. The zero-order valence-electron chi connectivity index (χ0n) is 38.5. The van der Waals surface area contributed by atoms with Gasteiger partial charge in [0.05, 0.1) is 25.4 Å². The molecule has 0 aromatic carbocycles. The molecule has 350 valence electrons. The average molecular weight is 840 g/mol. The second kappa shape index (κ2) is 41.0. The van der Waals surface area contributed by atoms with Gasteiger partial charge in [0.25, 0.3) is 0 Å². The lowest BCUT2D eigenvalue weighted by atomic mass is 9.99. The summed E-state index contributed by atoms with van der Waals surface area (Å²) < 4.78 is 11.2. The Hall–Kier alpha value is -1.07. The van der Waals surface area contributed by atoms with Crippen LogP contribution in [0.1, 0.15) is 245 Å². The number of aliphatic hydroxyl groups excluding tert-OH is 5. The third kappa shape index (κ3) is 31.4. The van der Waals surface area contributed by atoms with Crippen molar-refractivity contribution in [1.29, 1.82) is 0 Å². The number of nitrogens with one attached hydrogen (secondary N) is 1. The predicted octanol–water partition coefficient (Wildman–Crippen LogP) is 11.3. The van der Waals surface area contributed by atoms with Crippen LogP contribution in [-0.4, -0.2) is 87.5 Å². The summed E-state index contributed by atoms with van der Waals surface area (Å²) >= 11 is 0. The van der Waals surface area contributed by atoms with Crippen LogP contribution < -0.4 is 5.32 Å². The van der Waals surface area contributed by atoms with Crippen molar-refractivity contribution in [3.63, 3.8) is 0 Å². The third-order valence-electron chi connectivity index (χ3n) is 12.4. The zero-order chi connectivity index (χ0) is 43.0. The van der Waals surface area contributed by atoms with E-state index < -0.39 is 49.5 Å². The molecule has 0 saturated carbocycles. The molecule has 6 N–H and O–H groups in total. The van der Waals surface area contributed by atoms with Crippen molar-refractivity contribution in [1.82, 2.24) is 5.32 Å². The maximum Gasteiger partial charge on any atom is 0.220 e. The highest BCUT2D eigenvalue weighted by Crippen LogP contribution is 2.23. The summed E-state index contributed by atoms with van der Waals surface area (Å²) in [5.41, 5.74) is 0. The monoisotopic (exact) mass is 840 g/mol. The van der Waals surface area contributed by atoms with Crippen LogP contribution in [0.15, 0.2) is 12.2 Å². The number of carbonyl (C=O) groups is 1. The SMILES string of the molecule is CCCCCCCCCCCCC/C=C/[C@@H](O)[C@H](COC1OC(CO)C(O)C(O)C1O)NC(=O)CCCCCCCCCCCCCCCCCCCCCCCCC. The number of amides is 1. The molecule has 1 rings (SSSR count). The molecule has 9 heteroatoms. The van der Waals surface area contributed by atoms with Gasteiger partial charge in [0.15, 0.2) is 6.29 Å². The van der Waals surface area contributed by atoms with Gasteiger partial charge in [-0.2, -0.15) is 0 Å². The number of hydrogen-bond donors (Lipinski definition) is 6. The Morgan fingerprint density at radius 2 is 0.932 bits per heavy atom. The van der Waals surface area contributed by atoms with Gasteiger partial charge < -0.3 is 40.3 Å². The van der Waals surface area contributed by atoms with Gasteiger partial charge in [0.1, 0.15) is 24.4 Å². The van der Waals surface area contributed by atoms with Gasteiger partial charge in [-0.05, 0) is 19.3 Å². The molecule has 0 radical (unpaired) electrons. The molecular weight excluding hydrogens is 743 g/mol. The van der Waals surface area contributed by atoms with Gasteiger partial charge in [-0.1, -0.05) is 231 Å². The summed E-state index contributed by atoms with van der Waals surface area (Å²) in [4.78, 5) is 13.0. The van der Waals surface area contributed by atoms with E-state index >= 15 is 0 Å². The fourth-order valence-electron chi connectivity index (χ4n) is 8.28. The molecule has 5 unspecified atom stereocenters. The van der Waals surface area contributed by atoms with Crippen molar-refractivity contribution in [2.24, 2.45) is 0 Å². The lowest BCUT2D eigenvalue weighted by molar-refractivity contribution is -0.302. The topological polar surface area (TPSA) is 149 Å². The molecule has 59 heavy (non-hydrogen) atoms. The summed E-state index contributed by atoms with van der Waals surface area (Å²) in [6.45, 7) is 3.79. The minimum atomic E-state index is -1.56. The molecule has 0 spiro atoms. The van der Waals surface area contributed by atoms with Crippen LogP contribution in [-0.2, 0) is 14.3 Å². The minimum absolute atomic E-state index is 0.172. The number of rotatable bonds is 43. The van der Waals surface area contributed by atoms with Crippen molar-refractivity contribution in [2.75, 3.05) is 13.2 Å². The first-order valence-corrected chi connectivity index (χ1v) is 25.4. The summed E-state index contributed by atoms with van der Waals surface area (Å²) in [5.74, 6) is -0.172. The van der Waals surface area contributed by atoms with E-state index in [1.807, 2.05) is 6.08 Å². The smallest absolute Gasteiger partial charge is 0.220 e. The molecule has 1 saturated heterocycles. The van der Waals surface area contributed by atoms with Gasteiger partial charge >= 0.3 is 0 Å². The van der Waals surface area contributed by atoms with Gasteiger partial charge in [-0.3, -0.25) is 4.79 Å². The normalized spacial score (nSPS) is 20.7. The van der Waals surface area contributed by atoms with Crippen molar-refractivity contribution < 1.29 is 39.8 Å². The Balaban J connectivity index is 2.24. The summed E-state index contributed by atoms with van der Waals surface area (Å²) in [6.07, 6.45) is 41.2.